The van der Waals surface area contributed by atoms with Gasteiger partial charge in [-0.1, -0.05) is 42.0 Å². The summed E-state index contributed by atoms with van der Waals surface area (Å²) >= 11 is 0. The lowest BCUT2D eigenvalue weighted by atomic mass is 10.1. The average molecular weight is 372 g/mol. The number of rotatable bonds is 3. The maximum Gasteiger partial charge on any atom is 0.225 e. The van der Waals surface area contributed by atoms with Crippen molar-refractivity contribution in [1.29, 1.82) is 0 Å². The zero-order valence-electron chi connectivity index (χ0n) is 16.1. The van der Waals surface area contributed by atoms with Crippen LogP contribution in [0.3, 0.4) is 0 Å². The largest absolute Gasteiger partial charge is 0.352 e. The molecule has 0 spiro atoms. The van der Waals surface area contributed by atoms with Crippen LogP contribution in [0.2, 0.25) is 0 Å². The summed E-state index contributed by atoms with van der Waals surface area (Å²) in [7, 11) is 0. The van der Waals surface area contributed by atoms with E-state index in [1.165, 1.54) is 5.56 Å². The van der Waals surface area contributed by atoms with Gasteiger partial charge in [-0.15, -0.1) is 0 Å². The van der Waals surface area contributed by atoms with Gasteiger partial charge in [0.05, 0.1) is 5.52 Å². The minimum absolute atomic E-state index is 0.291. The minimum atomic E-state index is 0.291. The van der Waals surface area contributed by atoms with Crippen LogP contribution in [-0.2, 0) is 4.79 Å². The number of aryl methyl sites for hydroxylation is 1. The quantitative estimate of drug-likeness (QED) is 0.704. The third-order valence-electron chi connectivity index (χ3n) is 5.71. The third kappa shape index (κ3) is 3.21. The summed E-state index contributed by atoms with van der Waals surface area (Å²) in [5, 5.41) is 1.07. The van der Waals surface area contributed by atoms with E-state index in [2.05, 4.69) is 42.2 Å². The molecular formula is C23H24N4O. The predicted octanol–water partition coefficient (Wildman–Crippen LogP) is 3.66. The fraction of sp³-hybridized carbons (Fsp3) is 0.348. The molecule has 1 saturated carbocycles. The number of hydrogen-bond donors (Lipinski definition) is 0. The monoisotopic (exact) mass is 372 g/mol. The molecule has 5 rings (SSSR count). The molecule has 1 aliphatic heterocycles. The SMILES string of the molecule is Cc1ccc(-c2nc(N3CCN(C(=O)C4CC4)CC3)c3ccccc3n2)cc1. The third-order valence-corrected chi connectivity index (χ3v) is 5.71. The number of aromatic nitrogens is 2. The first-order valence-corrected chi connectivity index (χ1v) is 10.1. The number of amides is 1. The van der Waals surface area contributed by atoms with Gasteiger partial charge in [-0.2, -0.15) is 0 Å². The highest BCUT2D eigenvalue weighted by atomic mass is 16.2. The molecule has 3 aromatic rings. The van der Waals surface area contributed by atoms with Crippen molar-refractivity contribution in [2.75, 3.05) is 31.1 Å². The molecule has 0 radical (unpaired) electrons. The van der Waals surface area contributed by atoms with Gasteiger partial charge < -0.3 is 9.80 Å². The molecule has 0 atom stereocenters. The first kappa shape index (κ1) is 17.2. The second-order valence-electron chi connectivity index (χ2n) is 7.84. The van der Waals surface area contributed by atoms with Crippen molar-refractivity contribution >= 4 is 22.6 Å². The number of anilines is 1. The van der Waals surface area contributed by atoms with Crippen LogP contribution >= 0.6 is 0 Å². The van der Waals surface area contributed by atoms with E-state index in [9.17, 15) is 4.79 Å². The van der Waals surface area contributed by atoms with Crippen molar-refractivity contribution in [3.05, 3.63) is 54.1 Å². The van der Waals surface area contributed by atoms with Crippen LogP contribution in [0.4, 0.5) is 5.82 Å². The van der Waals surface area contributed by atoms with Crippen LogP contribution in [0.1, 0.15) is 18.4 Å². The van der Waals surface area contributed by atoms with Gasteiger partial charge in [0.1, 0.15) is 5.82 Å². The predicted molar refractivity (Wildman–Crippen MR) is 111 cm³/mol. The summed E-state index contributed by atoms with van der Waals surface area (Å²) in [5.41, 5.74) is 3.21. The molecule has 0 bridgehead atoms. The summed E-state index contributed by atoms with van der Waals surface area (Å²) < 4.78 is 0. The number of carbonyl (C=O) groups is 1. The van der Waals surface area contributed by atoms with Crippen LogP contribution in [0.25, 0.3) is 22.3 Å². The van der Waals surface area contributed by atoms with Gasteiger partial charge in [-0.3, -0.25) is 4.79 Å². The minimum Gasteiger partial charge on any atom is -0.352 e. The maximum atomic E-state index is 12.4. The van der Waals surface area contributed by atoms with E-state index in [0.717, 1.165) is 67.1 Å². The Morgan fingerprint density at radius 3 is 2.36 bits per heavy atom. The Morgan fingerprint density at radius 1 is 0.929 bits per heavy atom. The molecule has 1 aliphatic carbocycles. The smallest absolute Gasteiger partial charge is 0.225 e. The van der Waals surface area contributed by atoms with Crippen molar-refractivity contribution in [3.8, 4) is 11.4 Å². The summed E-state index contributed by atoms with van der Waals surface area (Å²) in [4.78, 5) is 26.5. The molecule has 2 aliphatic rings. The van der Waals surface area contributed by atoms with Crippen LogP contribution in [-0.4, -0.2) is 47.0 Å². The number of piperazine rings is 1. The summed E-state index contributed by atoms with van der Waals surface area (Å²) in [5.74, 6) is 2.36. The standard InChI is InChI=1S/C23H24N4O/c1-16-6-8-17(9-7-16)21-24-20-5-3-2-4-19(20)22(25-21)26-12-14-27(15-13-26)23(28)18-10-11-18/h2-9,18H,10-15H2,1H3. The van der Waals surface area contributed by atoms with Gasteiger partial charge in [0, 0.05) is 43.0 Å². The average Bonchev–Trinajstić information content (AvgIpc) is 3.58. The Morgan fingerprint density at radius 2 is 1.64 bits per heavy atom. The highest BCUT2D eigenvalue weighted by Crippen LogP contribution is 2.32. The number of para-hydroxylation sites is 1. The van der Waals surface area contributed by atoms with Gasteiger partial charge in [-0.05, 0) is 31.9 Å². The molecule has 1 aromatic heterocycles. The van der Waals surface area contributed by atoms with Crippen molar-refractivity contribution < 1.29 is 4.79 Å². The number of carbonyl (C=O) groups excluding carboxylic acids is 1. The number of hydrogen-bond acceptors (Lipinski definition) is 4. The van der Waals surface area contributed by atoms with Crippen LogP contribution in [0, 0.1) is 12.8 Å². The zero-order valence-corrected chi connectivity index (χ0v) is 16.1. The van der Waals surface area contributed by atoms with E-state index in [1.807, 2.05) is 23.1 Å². The molecule has 1 amide bonds. The number of nitrogens with zero attached hydrogens (tertiary/aromatic N) is 4. The van der Waals surface area contributed by atoms with Crippen LogP contribution < -0.4 is 4.90 Å². The van der Waals surface area contributed by atoms with Gasteiger partial charge in [0.15, 0.2) is 5.82 Å². The summed E-state index contributed by atoms with van der Waals surface area (Å²) in [6, 6.07) is 16.5. The fourth-order valence-corrected chi connectivity index (χ4v) is 3.86. The lowest BCUT2D eigenvalue weighted by Gasteiger charge is -2.36. The van der Waals surface area contributed by atoms with Crippen molar-refractivity contribution in [2.45, 2.75) is 19.8 Å². The molecule has 2 fully saturated rings. The maximum absolute atomic E-state index is 12.4. The molecule has 2 aromatic carbocycles. The molecular weight excluding hydrogens is 348 g/mol. The first-order chi connectivity index (χ1) is 13.7. The Kier molecular flexibility index (Phi) is 4.23. The van der Waals surface area contributed by atoms with E-state index in [1.54, 1.807) is 0 Å². The molecule has 0 unspecified atom stereocenters. The van der Waals surface area contributed by atoms with Crippen molar-refractivity contribution in [1.82, 2.24) is 14.9 Å². The highest BCUT2D eigenvalue weighted by molar-refractivity contribution is 5.91. The second-order valence-corrected chi connectivity index (χ2v) is 7.84. The van der Waals surface area contributed by atoms with Crippen molar-refractivity contribution in [2.24, 2.45) is 5.92 Å². The van der Waals surface area contributed by atoms with Gasteiger partial charge in [-0.25, -0.2) is 9.97 Å². The normalized spacial score (nSPS) is 17.2. The fourth-order valence-electron chi connectivity index (χ4n) is 3.86. The molecule has 0 N–H and O–H groups in total. The molecule has 5 heteroatoms. The second kappa shape index (κ2) is 6.89. The Balaban J connectivity index is 1.48. The molecule has 1 saturated heterocycles. The van der Waals surface area contributed by atoms with E-state index in [4.69, 9.17) is 9.97 Å². The van der Waals surface area contributed by atoms with E-state index in [0.29, 0.717) is 11.8 Å². The Hall–Kier alpha value is -2.95. The summed E-state index contributed by atoms with van der Waals surface area (Å²) in [6.45, 7) is 5.25. The first-order valence-electron chi connectivity index (χ1n) is 10.1. The van der Waals surface area contributed by atoms with Gasteiger partial charge in [0.2, 0.25) is 5.91 Å². The Bertz CT molecular complexity index is 1020. The topological polar surface area (TPSA) is 49.3 Å². The van der Waals surface area contributed by atoms with Crippen molar-refractivity contribution in [3.63, 3.8) is 0 Å². The number of fused-ring (bicyclic) bond motifs is 1. The number of benzene rings is 2. The van der Waals surface area contributed by atoms with Gasteiger partial charge in [0.25, 0.3) is 0 Å². The molecule has 28 heavy (non-hydrogen) atoms. The lowest BCUT2D eigenvalue weighted by molar-refractivity contribution is -0.132. The highest BCUT2D eigenvalue weighted by Gasteiger charge is 2.35. The zero-order chi connectivity index (χ0) is 19.1. The lowest BCUT2D eigenvalue weighted by Crippen LogP contribution is -2.49. The van der Waals surface area contributed by atoms with Crippen LogP contribution in [0.5, 0.6) is 0 Å². The molecule has 5 nitrogen and oxygen atoms in total. The molecule has 2 heterocycles. The Labute approximate surface area is 165 Å². The van der Waals surface area contributed by atoms with Gasteiger partial charge >= 0.3 is 0 Å². The van der Waals surface area contributed by atoms with Crippen LogP contribution in [0.15, 0.2) is 48.5 Å². The van der Waals surface area contributed by atoms with E-state index >= 15 is 0 Å². The van der Waals surface area contributed by atoms with E-state index < -0.39 is 0 Å². The molecule has 142 valence electrons. The van der Waals surface area contributed by atoms with E-state index in [-0.39, 0.29) is 0 Å². The summed E-state index contributed by atoms with van der Waals surface area (Å²) in [6.07, 6.45) is 2.13.